The lowest BCUT2D eigenvalue weighted by molar-refractivity contribution is -0.198. The standard InChI is InChI=1S/C53H63N3O7S12/c1-46(2)21-22(47(3,4)56(46)63)42(57)54-17-19-55(20-18-54)43(58)27-36-30(64-48(5,6)70-36)24(31-37(27)71-49(7,8)65-31)23(25-32-38(72-50(9,10)66-32)28(44(59)60)39-33(25)67-51(11,12)73-39)26-34-40(74-52(13,14)68-34)29(45(61)62)41-35(26)69-53(15,16)75-41/h22-23,63H,17-21H2,1-16H3,(H,59,60)(H,61,62). The van der Waals surface area contributed by atoms with E-state index in [1.165, 1.54) is 5.06 Å². The zero-order chi connectivity index (χ0) is 54.6. The lowest BCUT2D eigenvalue weighted by Gasteiger charge is -2.39. The number of fused-ring (bicyclic) bond motifs is 6. The Labute approximate surface area is 492 Å². The predicted octanol–water partition coefficient (Wildman–Crippen LogP) is 16.4. The third-order valence-corrected chi connectivity index (χ3v) is 31.7. The molecule has 0 bridgehead atoms. The number of nitrogens with zero attached hydrogens (tertiary/aromatic N) is 3. The summed E-state index contributed by atoms with van der Waals surface area (Å²) in [6, 6.07) is 0. The number of rotatable bonds is 7. The van der Waals surface area contributed by atoms with E-state index in [0.717, 1.165) is 75.4 Å². The molecule has 404 valence electrons. The van der Waals surface area contributed by atoms with Crippen molar-refractivity contribution in [1.29, 1.82) is 0 Å². The van der Waals surface area contributed by atoms with Gasteiger partial charge < -0.3 is 25.2 Å². The normalized spacial score (nSPS) is 25.3. The van der Waals surface area contributed by atoms with Crippen molar-refractivity contribution in [3.63, 3.8) is 0 Å². The van der Waals surface area contributed by atoms with E-state index in [9.17, 15) is 29.8 Å². The summed E-state index contributed by atoms with van der Waals surface area (Å²) in [5.74, 6) is -2.77. The highest BCUT2D eigenvalue weighted by atomic mass is 32.2. The molecule has 0 aromatic heterocycles. The monoisotopic (exact) mass is 1240 g/mol. The summed E-state index contributed by atoms with van der Waals surface area (Å²) < 4.78 is -2.32. The zero-order valence-corrected chi connectivity index (χ0v) is 54.7. The third kappa shape index (κ3) is 9.39. The van der Waals surface area contributed by atoms with Gasteiger partial charge in [-0.2, -0.15) is 5.06 Å². The van der Waals surface area contributed by atoms with E-state index in [2.05, 4.69) is 83.1 Å². The van der Waals surface area contributed by atoms with Crippen LogP contribution in [0, 0.1) is 5.92 Å². The summed E-state index contributed by atoms with van der Waals surface area (Å²) in [4.78, 5) is 72.6. The topological polar surface area (TPSA) is 139 Å². The number of carboxylic acid groups (broad SMARTS) is 2. The Morgan fingerprint density at radius 3 is 0.920 bits per heavy atom. The van der Waals surface area contributed by atoms with Crippen molar-refractivity contribution < 1.29 is 34.6 Å². The number of amides is 2. The second-order valence-corrected chi connectivity index (χ2v) is 45.3. The number of carboxylic acids is 2. The van der Waals surface area contributed by atoms with E-state index in [-0.39, 0.29) is 42.2 Å². The molecule has 0 saturated carbocycles. The van der Waals surface area contributed by atoms with Crippen LogP contribution >= 0.6 is 141 Å². The number of benzene rings is 3. The van der Waals surface area contributed by atoms with E-state index < -0.39 is 28.9 Å². The van der Waals surface area contributed by atoms with Gasteiger partial charge in [0.2, 0.25) is 5.91 Å². The first kappa shape index (κ1) is 56.5. The average molecular weight is 1240 g/mol. The van der Waals surface area contributed by atoms with Crippen molar-refractivity contribution in [3.05, 3.63) is 33.4 Å². The minimum absolute atomic E-state index is 0.0137. The fraction of sp³-hybridized carbons (Fsp3) is 0.585. The lowest BCUT2D eigenvalue weighted by atomic mass is 9.83. The van der Waals surface area contributed by atoms with Crippen LogP contribution in [0.3, 0.4) is 0 Å². The van der Waals surface area contributed by atoms with Crippen molar-refractivity contribution in [3.8, 4) is 0 Å². The molecule has 22 heteroatoms. The summed E-state index contributed by atoms with van der Waals surface area (Å²) in [6.07, 6.45) is 0.537. The molecule has 11 rings (SSSR count). The van der Waals surface area contributed by atoms with E-state index in [1.807, 2.05) is 37.5 Å². The molecule has 1 unspecified atom stereocenters. The second-order valence-electron chi connectivity index (χ2n) is 24.1. The first-order valence-electron chi connectivity index (χ1n) is 25.0. The number of carbonyl (C=O) groups excluding carboxylic acids is 2. The van der Waals surface area contributed by atoms with Gasteiger partial charge in [-0.3, -0.25) is 9.59 Å². The third-order valence-electron chi connectivity index (χ3n) is 14.6. The van der Waals surface area contributed by atoms with Crippen LogP contribution in [0.25, 0.3) is 0 Å². The fourth-order valence-corrected chi connectivity index (χ4v) is 29.7. The number of hydrogen-bond donors (Lipinski definition) is 3. The zero-order valence-electron chi connectivity index (χ0n) is 44.9. The molecule has 3 aromatic carbocycles. The van der Waals surface area contributed by atoms with Crippen LogP contribution in [0.2, 0.25) is 0 Å². The molecule has 2 amide bonds. The highest BCUT2D eigenvalue weighted by Crippen LogP contribution is 2.75. The number of aromatic carboxylic acids is 2. The summed E-state index contributed by atoms with van der Waals surface area (Å²) in [5, 5.41) is 35.0. The molecule has 8 heterocycles. The molecule has 75 heavy (non-hydrogen) atoms. The first-order chi connectivity index (χ1) is 34.4. The van der Waals surface area contributed by atoms with Gasteiger partial charge in [-0.15, -0.1) is 141 Å². The molecular formula is C53H63N3O7S12. The molecule has 3 aromatic rings. The largest absolute Gasteiger partial charge is 0.478 e. The van der Waals surface area contributed by atoms with Crippen LogP contribution in [0.5, 0.6) is 0 Å². The van der Waals surface area contributed by atoms with Crippen LogP contribution in [0.15, 0.2) is 58.7 Å². The van der Waals surface area contributed by atoms with Gasteiger partial charge in [-0.05, 0) is 134 Å². The number of carbonyl (C=O) groups is 4. The van der Waals surface area contributed by atoms with Crippen molar-refractivity contribution >= 4 is 165 Å². The Bertz CT molecular complexity index is 2870. The number of hydroxylamine groups is 2. The Balaban J connectivity index is 1.17. The highest BCUT2D eigenvalue weighted by molar-refractivity contribution is 8.23. The van der Waals surface area contributed by atoms with Crippen LogP contribution < -0.4 is 0 Å². The van der Waals surface area contributed by atoms with Gasteiger partial charge in [0.15, 0.2) is 0 Å². The maximum Gasteiger partial charge on any atom is 0.338 e. The van der Waals surface area contributed by atoms with Crippen molar-refractivity contribution in [2.45, 2.75) is 217 Å². The van der Waals surface area contributed by atoms with Crippen LogP contribution in [0.1, 0.15) is 171 Å². The van der Waals surface area contributed by atoms with Crippen molar-refractivity contribution in [1.82, 2.24) is 14.9 Å². The molecule has 2 saturated heterocycles. The maximum atomic E-state index is 15.8. The molecular weight excluding hydrogens is 1180 g/mol. The lowest BCUT2D eigenvalue weighted by Crippen LogP contribution is -2.55. The summed E-state index contributed by atoms with van der Waals surface area (Å²) >= 11 is 20.6. The number of piperazine rings is 1. The molecule has 3 N–H and O–H groups in total. The van der Waals surface area contributed by atoms with Crippen LogP contribution in [-0.2, 0) is 4.79 Å². The Morgan fingerprint density at radius 1 is 0.413 bits per heavy atom. The smallest absolute Gasteiger partial charge is 0.338 e. The molecule has 0 radical (unpaired) electrons. The molecule has 0 spiro atoms. The van der Waals surface area contributed by atoms with Crippen molar-refractivity contribution in [2.75, 3.05) is 26.2 Å². The van der Waals surface area contributed by atoms with Gasteiger partial charge in [0.1, 0.15) is 0 Å². The fourth-order valence-electron chi connectivity index (χ4n) is 11.8. The Kier molecular flexibility index (Phi) is 13.8. The summed E-state index contributed by atoms with van der Waals surface area (Å²) in [6.45, 7) is 35.7. The molecule has 1 atom stereocenters. The van der Waals surface area contributed by atoms with E-state index >= 15 is 4.79 Å². The molecule has 8 aliphatic rings. The highest BCUT2D eigenvalue weighted by Gasteiger charge is 2.57. The summed E-state index contributed by atoms with van der Waals surface area (Å²) in [7, 11) is 0. The van der Waals surface area contributed by atoms with E-state index in [4.69, 9.17) is 0 Å². The quantitative estimate of drug-likeness (QED) is 0.193. The number of thioether (sulfide) groups is 12. The minimum Gasteiger partial charge on any atom is -0.478 e. The average Bonchev–Trinajstić information content (AvgIpc) is 4.11. The van der Waals surface area contributed by atoms with Gasteiger partial charge in [0.05, 0.1) is 52.6 Å². The van der Waals surface area contributed by atoms with Gasteiger partial charge >= 0.3 is 11.9 Å². The van der Waals surface area contributed by atoms with Gasteiger partial charge in [0.25, 0.3) is 5.91 Å². The first-order valence-corrected chi connectivity index (χ1v) is 34.8. The molecule has 8 aliphatic heterocycles. The maximum absolute atomic E-state index is 15.8. The van der Waals surface area contributed by atoms with Gasteiger partial charge in [0, 0.05) is 96.4 Å². The molecule has 10 nitrogen and oxygen atoms in total. The second kappa shape index (κ2) is 18.3. The van der Waals surface area contributed by atoms with Crippen LogP contribution in [-0.4, -0.2) is 116 Å². The number of hydrogen-bond acceptors (Lipinski definition) is 18. The minimum atomic E-state index is -0.933. The van der Waals surface area contributed by atoms with Crippen molar-refractivity contribution in [2.24, 2.45) is 5.92 Å². The summed E-state index contributed by atoms with van der Waals surface area (Å²) in [5.41, 5.74) is 3.45. The SMILES string of the molecule is CC1(C)Sc2c(c(C(c3c4c(c(C(=O)O)c5c3SC(C)(C)S5)SC(C)(C)S4)c3c4c(c(C(=O)N5CCN(C(=O)C6CC(C)(C)N(O)C6(C)C)CC5)c5c3SC(C)(C)S5)SC(C)(C)S4)c3c(c2C(=O)O)SC(C)(C)S3)S1. The van der Waals surface area contributed by atoms with Crippen LogP contribution in [0.4, 0.5) is 0 Å². The molecule has 0 aliphatic carbocycles. The van der Waals surface area contributed by atoms with E-state index in [1.54, 1.807) is 141 Å². The molecule has 2 fully saturated rings. The Hall–Kier alpha value is -0.340. The van der Waals surface area contributed by atoms with Gasteiger partial charge in [-0.1, -0.05) is 0 Å². The predicted molar refractivity (Wildman–Crippen MR) is 321 cm³/mol. The van der Waals surface area contributed by atoms with Gasteiger partial charge in [-0.25, -0.2) is 9.59 Å². The Morgan fingerprint density at radius 2 is 0.667 bits per heavy atom. The van der Waals surface area contributed by atoms with E-state index in [0.29, 0.717) is 49.3 Å².